The predicted molar refractivity (Wildman–Crippen MR) is 123 cm³/mol. The van der Waals surface area contributed by atoms with Gasteiger partial charge in [0.05, 0.1) is 32.7 Å². The van der Waals surface area contributed by atoms with Crippen LogP contribution in [0.5, 0.6) is 17.2 Å². The number of amides is 1. The third kappa shape index (κ3) is 4.08. The number of piperazine rings is 1. The van der Waals surface area contributed by atoms with Crippen molar-refractivity contribution < 1.29 is 19.0 Å². The molecule has 0 saturated carbocycles. The molecule has 1 aromatic heterocycles. The summed E-state index contributed by atoms with van der Waals surface area (Å²) in [7, 11) is 6.68. The third-order valence-corrected chi connectivity index (χ3v) is 5.78. The molecule has 8 nitrogen and oxygen atoms in total. The fraction of sp³-hybridized carbons (Fsp3) is 0.333. The molecule has 0 spiro atoms. The molecule has 0 radical (unpaired) electrons. The van der Waals surface area contributed by atoms with E-state index >= 15 is 0 Å². The highest BCUT2D eigenvalue weighted by atomic mass is 16.5. The Hall–Kier alpha value is -3.68. The number of para-hydroxylation sites is 2. The highest BCUT2D eigenvalue weighted by molar-refractivity contribution is 5.94. The van der Waals surface area contributed by atoms with E-state index < -0.39 is 0 Å². The van der Waals surface area contributed by atoms with Gasteiger partial charge in [-0.15, -0.1) is 0 Å². The quantitative estimate of drug-likeness (QED) is 0.592. The second-order valence-corrected chi connectivity index (χ2v) is 7.56. The first-order chi connectivity index (χ1) is 15.5. The predicted octanol–water partition coefficient (Wildman–Crippen LogP) is 3.08. The third-order valence-electron chi connectivity index (χ3n) is 5.78. The molecule has 168 valence electrons. The number of ether oxygens (including phenoxy) is 3. The molecule has 1 amide bonds. The Kier molecular flexibility index (Phi) is 6.20. The van der Waals surface area contributed by atoms with Crippen LogP contribution in [0.4, 0.5) is 5.69 Å². The average molecular weight is 437 g/mol. The van der Waals surface area contributed by atoms with Crippen LogP contribution < -0.4 is 19.1 Å². The monoisotopic (exact) mass is 436 g/mol. The molecule has 8 heteroatoms. The van der Waals surface area contributed by atoms with Crippen molar-refractivity contribution in [1.82, 2.24) is 14.7 Å². The van der Waals surface area contributed by atoms with Crippen LogP contribution in [-0.4, -0.2) is 68.1 Å². The van der Waals surface area contributed by atoms with Crippen molar-refractivity contribution >= 4 is 11.6 Å². The minimum absolute atomic E-state index is 0.0293. The highest BCUT2D eigenvalue weighted by Gasteiger charge is 2.26. The zero-order chi connectivity index (χ0) is 22.7. The fourth-order valence-corrected chi connectivity index (χ4v) is 4.01. The Morgan fingerprint density at radius 2 is 1.59 bits per heavy atom. The van der Waals surface area contributed by atoms with Gasteiger partial charge in [0.1, 0.15) is 22.9 Å². The molecule has 1 aliphatic rings. The lowest BCUT2D eigenvalue weighted by Gasteiger charge is -2.36. The normalized spacial score (nSPS) is 13.8. The van der Waals surface area contributed by atoms with Gasteiger partial charge in [-0.1, -0.05) is 12.1 Å². The number of hydrogen-bond acceptors (Lipinski definition) is 6. The first kappa shape index (κ1) is 21.5. The molecule has 1 aliphatic heterocycles. The van der Waals surface area contributed by atoms with E-state index in [2.05, 4.69) is 10.00 Å². The van der Waals surface area contributed by atoms with Crippen molar-refractivity contribution in [2.24, 2.45) is 7.05 Å². The fourth-order valence-electron chi connectivity index (χ4n) is 4.01. The van der Waals surface area contributed by atoms with Crippen molar-refractivity contribution in [2.75, 3.05) is 52.4 Å². The van der Waals surface area contributed by atoms with Gasteiger partial charge in [-0.05, 0) is 30.3 Å². The van der Waals surface area contributed by atoms with E-state index in [4.69, 9.17) is 14.2 Å². The van der Waals surface area contributed by atoms with Gasteiger partial charge >= 0.3 is 0 Å². The van der Waals surface area contributed by atoms with E-state index in [0.29, 0.717) is 36.0 Å². The zero-order valence-electron chi connectivity index (χ0n) is 18.9. The summed E-state index contributed by atoms with van der Waals surface area (Å²) in [6.07, 6.45) is 0. The number of rotatable bonds is 6. The summed E-state index contributed by atoms with van der Waals surface area (Å²) in [6.45, 7) is 2.73. The maximum absolute atomic E-state index is 13.3. The van der Waals surface area contributed by atoms with Gasteiger partial charge in [-0.25, -0.2) is 0 Å². The second-order valence-electron chi connectivity index (χ2n) is 7.56. The minimum Gasteiger partial charge on any atom is -0.497 e. The van der Waals surface area contributed by atoms with Gasteiger partial charge < -0.3 is 24.0 Å². The van der Waals surface area contributed by atoms with Gasteiger partial charge in [-0.3, -0.25) is 9.48 Å². The lowest BCUT2D eigenvalue weighted by atomic mass is 10.1. The molecule has 2 aromatic carbocycles. The van der Waals surface area contributed by atoms with Crippen LogP contribution in [0, 0.1) is 0 Å². The van der Waals surface area contributed by atoms with Crippen molar-refractivity contribution in [2.45, 2.75) is 0 Å². The lowest BCUT2D eigenvalue weighted by Crippen LogP contribution is -2.49. The summed E-state index contributed by atoms with van der Waals surface area (Å²) in [6, 6.07) is 15.3. The van der Waals surface area contributed by atoms with Gasteiger partial charge in [0.2, 0.25) is 0 Å². The number of carbonyl (C=O) groups is 1. The van der Waals surface area contributed by atoms with Crippen LogP contribution in [0.3, 0.4) is 0 Å². The molecule has 1 saturated heterocycles. The number of benzene rings is 2. The summed E-state index contributed by atoms with van der Waals surface area (Å²) in [5, 5.41) is 4.57. The van der Waals surface area contributed by atoms with E-state index in [-0.39, 0.29) is 5.91 Å². The van der Waals surface area contributed by atoms with E-state index in [1.165, 1.54) is 0 Å². The van der Waals surface area contributed by atoms with E-state index in [0.717, 1.165) is 30.1 Å². The number of carbonyl (C=O) groups excluding carboxylic acids is 1. The molecule has 3 aromatic rings. The molecule has 0 aliphatic carbocycles. The van der Waals surface area contributed by atoms with Crippen molar-refractivity contribution in [3.8, 4) is 28.5 Å². The molecule has 32 heavy (non-hydrogen) atoms. The van der Waals surface area contributed by atoms with Crippen molar-refractivity contribution in [1.29, 1.82) is 0 Å². The van der Waals surface area contributed by atoms with E-state index in [1.807, 2.05) is 53.4 Å². The summed E-state index contributed by atoms with van der Waals surface area (Å²) in [5.74, 6) is 2.16. The largest absolute Gasteiger partial charge is 0.497 e. The summed E-state index contributed by atoms with van der Waals surface area (Å²) in [5.41, 5.74) is 3.09. The van der Waals surface area contributed by atoms with Gasteiger partial charge in [0, 0.05) is 44.9 Å². The van der Waals surface area contributed by atoms with Gasteiger partial charge in [0.25, 0.3) is 5.91 Å². The standard InChI is InChI=1S/C24H28N4O4/c1-26-21(16-19(25-26)18-10-9-17(30-2)15-23(18)32-4)24(29)28-13-11-27(12-14-28)20-7-5-6-8-22(20)31-3/h5-10,15-16H,11-14H2,1-4H3. The van der Waals surface area contributed by atoms with Crippen molar-refractivity contribution in [3.63, 3.8) is 0 Å². The number of nitrogens with zero attached hydrogens (tertiary/aromatic N) is 4. The smallest absolute Gasteiger partial charge is 0.272 e. The summed E-state index contributed by atoms with van der Waals surface area (Å²) in [4.78, 5) is 17.4. The number of hydrogen-bond donors (Lipinski definition) is 0. The Labute approximate surface area is 187 Å². The lowest BCUT2D eigenvalue weighted by molar-refractivity contribution is 0.0735. The molecular formula is C24H28N4O4. The Bertz CT molecular complexity index is 1100. The molecule has 2 heterocycles. The first-order valence-electron chi connectivity index (χ1n) is 10.5. The molecule has 4 rings (SSSR count). The van der Waals surface area contributed by atoms with Crippen LogP contribution >= 0.6 is 0 Å². The Morgan fingerprint density at radius 1 is 0.875 bits per heavy atom. The second kappa shape index (κ2) is 9.21. The average Bonchev–Trinajstić information content (AvgIpc) is 3.24. The van der Waals surface area contributed by atoms with Crippen LogP contribution in [-0.2, 0) is 7.05 Å². The molecule has 0 atom stereocenters. The van der Waals surface area contributed by atoms with E-state index in [1.54, 1.807) is 33.1 Å². The van der Waals surface area contributed by atoms with Crippen LogP contribution in [0.1, 0.15) is 10.5 Å². The number of methoxy groups -OCH3 is 3. The van der Waals surface area contributed by atoms with Gasteiger partial charge in [0.15, 0.2) is 0 Å². The highest BCUT2D eigenvalue weighted by Crippen LogP contribution is 2.33. The summed E-state index contributed by atoms with van der Waals surface area (Å²) >= 11 is 0. The molecule has 0 bridgehead atoms. The maximum Gasteiger partial charge on any atom is 0.272 e. The zero-order valence-corrected chi connectivity index (χ0v) is 18.9. The topological polar surface area (TPSA) is 69.1 Å². The first-order valence-corrected chi connectivity index (χ1v) is 10.5. The molecule has 0 N–H and O–H groups in total. The van der Waals surface area contributed by atoms with Gasteiger partial charge in [-0.2, -0.15) is 5.10 Å². The maximum atomic E-state index is 13.3. The molecule has 1 fully saturated rings. The summed E-state index contributed by atoms with van der Waals surface area (Å²) < 4.78 is 17.9. The van der Waals surface area contributed by atoms with Crippen LogP contribution in [0.25, 0.3) is 11.3 Å². The molecular weight excluding hydrogens is 408 g/mol. The number of aromatic nitrogens is 2. The molecule has 0 unspecified atom stereocenters. The minimum atomic E-state index is -0.0293. The SMILES string of the molecule is COc1ccc(-c2cc(C(=O)N3CCN(c4ccccc4OC)CC3)n(C)n2)c(OC)c1. The van der Waals surface area contributed by atoms with Crippen LogP contribution in [0.2, 0.25) is 0 Å². The number of anilines is 1. The Morgan fingerprint density at radius 3 is 2.28 bits per heavy atom. The number of aryl methyl sites for hydroxylation is 1. The Balaban J connectivity index is 1.50. The van der Waals surface area contributed by atoms with Crippen molar-refractivity contribution in [3.05, 3.63) is 54.2 Å². The van der Waals surface area contributed by atoms with E-state index in [9.17, 15) is 4.79 Å². The van der Waals surface area contributed by atoms with Crippen LogP contribution in [0.15, 0.2) is 48.5 Å².